The first-order chi connectivity index (χ1) is 18.0. The SMILES string of the molecule is Cc1cc2c(cc1F)N(C(=O)CC[C@@H](C)[C@H]1CC[C@H]3[C@@H]4[C@@H](O)C[C@@H]5C[C@H](O)CC[C@]5(C)[C@H]4CC[C@]13C)CC2. The van der Waals surface area contributed by atoms with Gasteiger partial charge >= 0.3 is 0 Å². The number of rotatable bonds is 4. The third-order valence-corrected chi connectivity index (χ3v) is 12.8. The highest BCUT2D eigenvalue weighted by atomic mass is 19.1. The number of hydrogen-bond acceptors (Lipinski definition) is 3. The highest BCUT2D eigenvalue weighted by molar-refractivity contribution is 5.95. The van der Waals surface area contributed by atoms with Gasteiger partial charge in [0.25, 0.3) is 0 Å². The Labute approximate surface area is 228 Å². The van der Waals surface area contributed by atoms with Gasteiger partial charge < -0.3 is 15.1 Å². The second-order valence-corrected chi connectivity index (χ2v) is 14.5. The van der Waals surface area contributed by atoms with Gasteiger partial charge in [-0.3, -0.25) is 4.79 Å². The van der Waals surface area contributed by atoms with E-state index in [1.807, 2.05) is 11.0 Å². The van der Waals surface area contributed by atoms with Crippen molar-refractivity contribution in [1.29, 1.82) is 0 Å². The van der Waals surface area contributed by atoms with E-state index in [1.165, 1.54) is 25.7 Å². The molecule has 6 rings (SSSR count). The summed E-state index contributed by atoms with van der Waals surface area (Å²) in [4.78, 5) is 15.1. The van der Waals surface area contributed by atoms with Crippen LogP contribution in [0, 0.1) is 59.1 Å². The Balaban J connectivity index is 1.13. The predicted octanol–water partition coefficient (Wildman–Crippen LogP) is 6.43. The minimum absolute atomic E-state index is 0.128. The van der Waals surface area contributed by atoms with Gasteiger partial charge in [-0.2, -0.15) is 0 Å². The van der Waals surface area contributed by atoms with Gasteiger partial charge in [0, 0.05) is 18.7 Å². The first-order valence-electron chi connectivity index (χ1n) is 15.5. The molecule has 0 spiro atoms. The molecule has 4 saturated carbocycles. The molecule has 1 aromatic carbocycles. The standard InChI is InChI=1S/C33H48FNO3/c1-19(5-8-30(38)35-14-11-21-15-20(2)27(34)18-28(21)35)24-6-7-25-31-26(10-13-33(24,25)4)32(3)12-9-23(36)16-22(32)17-29(31)37/h15,18-19,22-26,29,31,36-37H,5-14,16-17H2,1-4H3/t19-,22+,23-,24-,25+,26+,29+,31+,32+,33-/m1/s1. The van der Waals surface area contributed by atoms with Crippen LogP contribution in [0.3, 0.4) is 0 Å². The van der Waals surface area contributed by atoms with Gasteiger partial charge in [0.05, 0.1) is 12.2 Å². The fraction of sp³-hybridized carbons (Fsp3) is 0.788. The minimum atomic E-state index is -0.247. The zero-order valence-electron chi connectivity index (χ0n) is 23.9. The van der Waals surface area contributed by atoms with Crippen LogP contribution in [-0.4, -0.2) is 34.9 Å². The number of aliphatic hydroxyl groups is 2. The number of amides is 1. The number of carbonyl (C=O) groups excluding carboxylic acids is 1. The lowest BCUT2D eigenvalue weighted by atomic mass is 9.43. The van der Waals surface area contributed by atoms with Crippen LogP contribution in [0.2, 0.25) is 0 Å². The Bertz CT molecular complexity index is 1090. The van der Waals surface area contributed by atoms with Crippen LogP contribution in [0.5, 0.6) is 0 Å². The summed E-state index contributed by atoms with van der Waals surface area (Å²) >= 11 is 0. The molecule has 1 aromatic rings. The van der Waals surface area contributed by atoms with Crippen molar-refractivity contribution in [2.45, 2.75) is 111 Å². The zero-order chi connectivity index (χ0) is 27.0. The van der Waals surface area contributed by atoms with Crippen LogP contribution in [0.4, 0.5) is 10.1 Å². The van der Waals surface area contributed by atoms with Crippen molar-refractivity contribution in [2.75, 3.05) is 11.4 Å². The molecular formula is C33H48FNO3. The van der Waals surface area contributed by atoms with Crippen LogP contribution in [0.25, 0.3) is 0 Å². The third-order valence-electron chi connectivity index (χ3n) is 12.8. The number of fused-ring (bicyclic) bond motifs is 6. The van der Waals surface area contributed by atoms with Gasteiger partial charge in [-0.1, -0.05) is 26.8 Å². The molecule has 1 aliphatic heterocycles. The number of benzene rings is 1. The average molecular weight is 526 g/mol. The normalized spacial score (nSPS) is 42.7. The van der Waals surface area contributed by atoms with E-state index >= 15 is 0 Å². The van der Waals surface area contributed by atoms with Crippen LogP contribution < -0.4 is 4.90 Å². The van der Waals surface area contributed by atoms with Gasteiger partial charge in [-0.25, -0.2) is 4.39 Å². The van der Waals surface area contributed by atoms with Crippen LogP contribution >= 0.6 is 0 Å². The summed E-state index contributed by atoms with van der Waals surface area (Å²) in [7, 11) is 0. The number of aryl methyl sites for hydroxylation is 1. The maximum absolute atomic E-state index is 14.2. The Kier molecular flexibility index (Phi) is 6.74. The summed E-state index contributed by atoms with van der Waals surface area (Å²) in [5.74, 6) is 2.88. The Morgan fingerprint density at radius 1 is 1.08 bits per heavy atom. The number of aliphatic hydroxyl groups excluding tert-OH is 2. The summed E-state index contributed by atoms with van der Waals surface area (Å²) in [5, 5.41) is 21.8. The number of nitrogens with zero attached hydrogens (tertiary/aromatic N) is 1. The number of halogens is 1. The lowest BCUT2D eigenvalue weighted by Crippen LogP contribution is -2.58. The maximum atomic E-state index is 14.2. The first-order valence-corrected chi connectivity index (χ1v) is 15.5. The molecule has 4 aliphatic carbocycles. The molecule has 0 saturated heterocycles. The first kappa shape index (κ1) is 26.7. The second-order valence-electron chi connectivity index (χ2n) is 14.5. The molecule has 0 aromatic heterocycles. The molecule has 5 heteroatoms. The minimum Gasteiger partial charge on any atom is -0.393 e. The highest BCUT2D eigenvalue weighted by Crippen LogP contribution is 2.68. The molecule has 5 aliphatic rings. The van der Waals surface area contributed by atoms with Crippen molar-refractivity contribution in [3.05, 3.63) is 29.1 Å². The summed E-state index contributed by atoms with van der Waals surface area (Å²) in [6, 6.07) is 3.45. The fourth-order valence-corrected chi connectivity index (χ4v) is 10.7. The van der Waals surface area contributed by atoms with Crippen molar-refractivity contribution < 1.29 is 19.4 Å². The summed E-state index contributed by atoms with van der Waals surface area (Å²) in [5.41, 5.74) is 2.99. The van der Waals surface area contributed by atoms with Crippen molar-refractivity contribution in [3.8, 4) is 0 Å². The van der Waals surface area contributed by atoms with E-state index in [1.54, 1.807) is 13.0 Å². The molecule has 0 unspecified atom stereocenters. The van der Waals surface area contributed by atoms with Gasteiger partial charge in [0.2, 0.25) is 5.91 Å². The molecule has 4 nitrogen and oxygen atoms in total. The second kappa shape index (κ2) is 9.58. The van der Waals surface area contributed by atoms with Gasteiger partial charge in [-0.15, -0.1) is 0 Å². The van der Waals surface area contributed by atoms with Gasteiger partial charge in [0.1, 0.15) is 5.82 Å². The van der Waals surface area contributed by atoms with Crippen molar-refractivity contribution in [3.63, 3.8) is 0 Å². The Morgan fingerprint density at radius 2 is 1.82 bits per heavy atom. The molecule has 1 amide bonds. The smallest absolute Gasteiger partial charge is 0.227 e. The Morgan fingerprint density at radius 3 is 2.61 bits per heavy atom. The number of anilines is 1. The van der Waals surface area contributed by atoms with E-state index in [0.29, 0.717) is 54.0 Å². The third kappa shape index (κ3) is 4.08. The lowest BCUT2D eigenvalue weighted by molar-refractivity contribution is -0.174. The molecule has 1 heterocycles. The van der Waals surface area contributed by atoms with E-state index < -0.39 is 0 Å². The van der Waals surface area contributed by atoms with Crippen molar-refractivity contribution in [1.82, 2.24) is 0 Å². The van der Waals surface area contributed by atoms with E-state index in [9.17, 15) is 19.4 Å². The fourth-order valence-electron chi connectivity index (χ4n) is 10.7. The van der Waals surface area contributed by atoms with E-state index in [0.717, 1.165) is 49.8 Å². The monoisotopic (exact) mass is 525 g/mol. The molecule has 4 fully saturated rings. The van der Waals surface area contributed by atoms with Crippen LogP contribution in [0.1, 0.15) is 96.1 Å². The molecule has 38 heavy (non-hydrogen) atoms. The summed E-state index contributed by atoms with van der Waals surface area (Å²) < 4.78 is 14.2. The predicted molar refractivity (Wildman–Crippen MR) is 148 cm³/mol. The summed E-state index contributed by atoms with van der Waals surface area (Å²) in [6.45, 7) is 9.76. The maximum Gasteiger partial charge on any atom is 0.227 e. The molecule has 10 atom stereocenters. The largest absolute Gasteiger partial charge is 0.393 e. The molecule has 0 bridgehead atoms. The average Bonchev–Trinajstić information content (AvgIpc) is 3.44. The summed E-state index contributed by atoms with van der Waals surface area (Å²) in [6.07, 6.45) is 10.3. The van der Waals surface area contributed by atoms with Gasteiger partial charge in [0.15, 0.2) is 0 Å². The quantitative estimate of drug-likeness (QED) is 0.476. The van der Waals surface area contributed by atoms with Crippen LogP contribution in [-0.2, 0) is 11.2 Å². The highest BCUT2D eigenvalue weighted by Gasteiger charge is 2.62. The topological polar surface area (TPSA) is 60.8 Å². The van der Waals surface area contributed by atoms with Crippen LogP contribution in [0.15, 0.2) is 12.1 Å². The molecular weight excluding hydrogens is 477 g/mol. The number of hydrogen-bond donors (Lipinski definition) is 2. The van der Waals surface area contributed by atoms with Gasteiger partial charge in [-0.05, 0) is 135 Å². The van der Waals surface area contributed by atoms with E-state index in [-0.39, 0.29) is 34.8 Å². The molecule has 210 valence electrons. The van der Waals surface area contributed by atoms with E-state index in [4.69, 9.17) is 0 Å². The zero-order valence-corrected chi connectivity index (χ0v) is 23.9. The van der Waals surface area contributed by atoms with E-state index in [2.05, 4.69) is 20.8 Å². The Hall–Kier alpha value is -1.46. The van der Waals surface area contributed by atoms with Crippen molar-refractivity contribution in [2.24, 2.45) is 46.3 Å². The molecule has 0 radical (unpaired) electrons. The lowest BCUT2D eigenvalue weighted by Gasteiger charge is -2.62. The van der Waals surface area contributed by atoms with Crippen molar-refractivity contribution >= 4 is 11.6 Å². The molecule has 2 N–H and O–H groups in total. The number of carbonyl (C=O) groups is 1.